The molecule has 1 aromatic heterocycles. The molecule has 1 aliphatic rings. The molecule has 0 aliphatic carbocycles. The highest BCUT2D eigenvalue weighted by Gasteiger charge is 2.28. The summed E-state index contributed by atoms with van der Waals surface area (Å²) < 4.78 is 0. The second kappa shape index (κ2) is 7.91. The minimum absolute atomic E-state index is 0.597. The van der Waals surface area contributed by atoms with E-state index in [9.17, 15) is 0 Å². The Balaban J connectivity index is 1.62. The van der Waals surface area contributed by atoms with Crippen LogP contribution >= 0.6 is 11.6 Å². The lowest BCUT2D eigenvalue weighted by Crippen LogP contribution is -2.41. The van der Waals surface area contributed by atoms with E-state index in [0.717, 1.165) is 36.9 Å². The van der Waals surface area contributed by atoms with Gasteiger partial charge < -0.3 is 10.2 Å². The number of hydrogen-bond donors (Lipinski definition) is 1. The fraction of sp³-hybridized carbons (Fsp3) is 0.421. The van der Waals surface area contributed by atoms with Crippen LogP contribution in [0.3, 0.4) is 0 Å². The molecule has 1 fully saturated rings. The first-order valence-electron chi connectivity index (χ1n) is 8.27. The van der Waals surface area contributed by atoms with Gasteiger partial charge in [0, 0.05) is 30.9 Å². The Labute approximate surface area is 143 Å². The maximum absolute atomic E-state index is 6.03. The molecule has 122 valence electrons. The number of aromatic nitrogens is 1. The Morgan fingerprint density at radius 1 is 1.22 bits per heavy atom. The lowest BCUT2D eigenvalue weighted by molar-refractivity contribution is 0.180. The first-order valence-corrected chi connectivity index (χ1v) is 8.65. The van der Waals surface area contributed by atoms with E-state index >= 15 is 0 Å². The van der Waals surface area contributed by atoms with Gasteiger partial charge in [-0.05, 0) is 61.7 Å². The average molecular weight is 330 g/mol. The highest BCUT2D eigenvalue weighted by atomic mass is 35.5. The maximum Gasteiger partial charge on any atom is 0.0541 e. The van der Waals surface area contributed by atoms with Crippen molar-refractivity contribution < 1.29 is 0 Å². The zero-order chi connectivity index (χ0) is 16.1. The van der Waals surface area contributed by atoms with Gasteiger partial charge in [-0.1, -0.05) is 29.8 Å². The summed E-state index contributed by atoms with van der Waals surface area (Å²) in [5, 5.41) is 4.40. The molecule has 1 aromatic carbocycles. The van der Waals surface area contributed by atoms with Crippen LogP contribution in [0.15, 0.2) is 48.7 Å². The van der Waals surface area contributed by atoms with Crippen molar-refractivity contribution in [1.29, 1.82) is 0 Å². The second-order valence-electron chi connectivity index (χ2n) is 6.42. The molecule has 0 radical (unpaired) electrons. The van der Waals surface area contributed by atoms with Crippen LogP contribution in [0, 0.1) is 5.92 Å². The summed E-state index contributed by atoms with van der Waals surface area (Å²) in [4.78, 5) is 6.81. The van der Waals surface area contributed by atoms with E-state index in [4.69, 9.17) is 11.6 Å². The predicted octanol–water partition coefficient (Wildman–Crippen LogP) is 3.56. The molecule has 4 heteroatoms. The quantitative estimate of drug-likeness (QED) is 0.909. The van der Waals surface area contributed by atoms with Gasteiger partial charge in [-0.2, -0.15) is 0 Å². The highest BCUT2D eigenvalue weighted by Crippen LogP contribution is 2.32. The Hall–Kier alpha value is -1.42. The van der Waals surface area contributed by atoms with Crippen LogP contribution in [0.5, 0.6) is 0 Å². The minimum Gasteiger partial charge on any atom is -0.311 e. The third-order valence-electron chi connectivity index (χ3n) is 4.67. The van der Waals surface area contributed by atoms with Crippen LogP contribution in [-0.2, 0) is 6.54 Å². The normalized spacial score (nSPS) is 22.2. The molecular formula is C19H24ClN3. The van der Waals surface area contributed by atoms with Crippen molar-refractivity contribution in [2.75, 3.05) is 26.7 Å². The van der Waals surface area contributed by atoms with Gasteiger partial charge in [-0.15, -0.1) is 0 Å². The Morgan fingerprint density at radius 2 is 2.04 bits per heavy atom. The van der Waals surface area contributed by atoms with Crippen molar-refractivity contribution >= 4 is 11.6 Å². The number of nitrogens with zero attached hydrogens (tertiary/aromatic N) is 2. The van der Waals surface area contributed by atoms with Gasteiger partial charge in [-0.25, -0.2) is 0 Å². The van der Waals surface area contributed by atoms with Crippen molar-refractivity contribution in [2.45, 2.75) is 18.9 Å². The molecule has 3 nitrogen and oxygen atoms in total. The molecule has 0 amide bonds. The summed E-state index contributed by atoms with van der Waals surface area (Å²) >= 11 is 6.03. The zero-order valence-corrected chi connectivity index (χ0v) is 14.3. The van der Waals surface area contributed by atoms with E-state index in [0.29, 0.717) is 11.8 Å². The maximum atomic E-state index is 6.03. The summed E-state index contributed by atoms with van der Waals surface area (Å²) in [6, 6.07) is 14.4. The summed E-state index contributed by atoms with van der Waals surface area (Å²) in [5.41, 5.74) is 2.51. The summed E-state index contributed by atoms with van der Waals surface area (Å²) in [7, 11) is 2.21. The molecule has 0 bridgehead atoms. The van der Waals surface area contributed by atoms with Gasteiger partial charge in [0.25, 0.3) is 0 Å². The number of halogens is 1. The van der Waals surface area contributed by atoms with Crippen molar-refractivity contribution in [3.8, 4) is 0 Å². The number of likely N-dealkylation sites (tertiary alicyclic amines) is 1. The SMILES string of the molecule is CN1CCC(c2ccc(Cl)cc2)C(CNCc2ccccn2)C1. The van der Waals surface area contributed by atoms with Crippen LogP contribution in [0.2, 0.25) is 5.02 Å². The molecule has 0 saturated carbocycles. The second-order valence-corrected chi connectivity index (χ2v) is 6.86. The van der Waals surface area contributed by atoms with Gasteiger partial charge >= 0.3 is 0 Å². The monoisotopic (exact) mass is 329 g/mol. The van der Waals surface area contributed by atoms with Gasteiger partial charge in [-0.3, -0.25) is 4.98 Å². The topological polar surface area (TPSA) is 28.2 Å². The first kappa shape index (κ1) is 16.4. The van der Waals surface area contributed by atoms with Gasteiger partial charge in [0.05, 0.1) is 5.69 Å². The van der Waals surface area contributed by atoms with E-state index < -0.39 is 0 Å². The van der Waals surface area contributed by atoms with Crippen LogP contribution < -0.4 is 5.32 Å². The Bertz CT molecular complexity index is 600. The number of piperidine rings is 1. The highest BCUT2D eigenvalue weighted by molar-refractivity contribution is 6.30. The molecule has 2 aromatic rings. The Morgan fingerprint density at radius 3 is 2.78 bits per heavy atom. The van der Waals surface area contributed by atoms with Gasteiger partial charge in [0.2, 0.25) is 0 Å². The van der Waals surface area contributed by atoms with E-state index in [1.165, 1.54) is 12.0 Å². The predicted molar refractivity (Wildman–Crippen MR) is 95.7 cm³/mol. The molecule has 0 spiro atoms. The number of rotatable bonds is 5. The molecular weight excluding hydrogens is 306 g/mol. The van der Waals surface area contributed by atoms with Gasteiger partial charge in [0.1, 0.15) is 0 Å². The third-order valence-corrected chi connectivity index (χ3v) is 4.93. The molecule has 1 aliphatic heterocycles. The van der Waals surface area contributed by atoms with Crippen molar-refractivity contribution in [1.82, 2.24) is 15.2 Å². The molecule has 3 rings (SSSR count). The molecule has 2 unspecified atom stereocenters. The molecule has 1 saturated heterocycles. The molecule has 23 heavy (non-hydrogen) atoms. The fourth-order valence-corrected chi connectivity index (χ4v) is 3.58. The first-order chi connectivity index (χ1) is 11.2. The average Bonchev–Trinajstić information content (AvgIpc) is 2.57. The van der Waals surface area contributed by atoms with Crippen molar-refractivity contribution in [2.24, 2.45) is 5.92 Å². The van der Waals surface area contributed by atoms with Crippen LogP contribution in [0.4, 0.5) is 0 Å². The molecule has 2 atom stereocenters. The summed E-state index contributed by atoms with van der Waals surface area (Å²) in [6.45, 7) is 4.12. The van der Waals surface area contributed by atoms with E-state index in [-0.39, 0.29) is 0 Å². The smallest absolute Gasteiger partial charge is 0.0541 e. The van der Waals surface area contributed by atoms with E-state index in [1.54, 1.807) is 0 Å². The molecule has 2 heterocycles. The summed E-state index contributed by atoms with van der Waals surface area (Å²) in [5.74, 6) is 1.21. The van der Waals surface area contributed by atoms with Crippen LogP contribution in [-0.4, -0.2) is 36.6 Å². The fourth-order valence-electron chi connectivity index (χ4n) is 3.46. The van der Waals surface area contributed by atoms with Gasteiger partial charge in [0.15, 0.2) is 0 Å². The van der Waals surface area contributed by atoms with Crippen molar-refractivity contribution in [3.63, 3.8) is 0 Å². The standard InChI is InChI=1S/C19H24ClN3/c1-23-11-9-19(15-5-7-17(20)8-6-15)16(14-23)12-21-13-18-4-2-3-10-22-18/h2-8,10,16,19,21H,9,11-14H2,1H3. The number of hydrogen-bond acceptors (Lipinski definition) is 3. The number of nitrogens with one attached hydrogen (secondary N) is 1. The minimum atomic E-state index is 0.597. The lowest BCUT2D eigenvalue weighted by Gasteiger charge is -2.37. The number of pyridine rings is 1. The largest absolute Gasteiger partial charge is 0.311 e. The number of benzene rings is 1. The van der Waals surface area contributed by atoms with E-state index in [2.05, 4.69) is 40.4 Å². The van der Waals surface area contributed by atoms with Crippen LogP contribution in [0.25, 0.3) is 0 Å². The van der Waals surface area contributed by atoms with E-state index in [1.807, 2.05) is 30.5 Å². The zero-order valence-electron chi connectivity index (χ0n) is 13.6. The van der Waals surface area contributed by atoms with Crippen LogP contribution in [0.1, 0.15) is 23.6 Å². The lowest BCUT2D eigenvalue weighted by atomic mass is 9.80. The molecule has 1 N–H and O–H groups in total. The third kappa shape index (κ3) is 4.54. The van der Waals surface area contributed by atoms with Crippen molar-refractivity contribution in [3.05, 3.63) is 64.9 Å². The summed E-state index contributed by atoms with van der Waals surface area (Å²) in [6.07, 6.45) is 3.05. The Kier molecular flexibility index (Phi) is 5.65.